The molecule has 0 atom stereocenters. The van der Waals surface area contributed by atoms with Gasteiger partial charge in [0.05, 0.1) is 13.5 Å². The molecule has 0 fully saturated rings. The molecule has 100 valence electrons. The number of nitrogens with zero attached hydrogens (tertiary/aromatic N) is 2. The van der Waals surface area contributed by atoms with Crippen molar-refractivity contribution in [3.8, 4) is 0 Å². The average molecular weight is 273 g/mol. The fourth-order valence-corrected chi connectivity index (χ4v) is 1.98. The third-order valence-electron chi connectivity index (χ3n) is 2.17. The molecular formula is C10H15N3O4S. The SMILES string of the molecule is COC(=O)CCN(C)S(=O)(=O)Nc1ccccn1. The van der Waals surface area contributed by atoms with E-state index in [4.69, 9.17) is 0 Å². The van der Waals surface area contributed by atoms with Gasteiger partial charge >= 0.3 is 16.2 Å². The van der Waals surface area contributed by atoms with Gasteiger partial charge in [0.1, 0.15) is 5.82 Å². The summed E-state index contributed by atoms with van der Waals surface area (Å²) in [5.74, 6) is -0.239. The van der Waals surface area contributed by atoms with Gasteiger partial charge in [-0.05, 0) is 12.1 Å². The van der Waals surface area contributed by atoms with Gasteiger partial charge in [0, 0.05) is 19.8 Å². The Kier molecular flexibility index (Phi) is 5.05. The van der Waals surface area contributed by atoms with Gasteiger partial charge in [-0.2, -0.15) is 12.7 Å². The lowest BCUT2D eigenvalue weighted by atomic mass is 10.4. The van der Waals surface area contributed by atoms with Gasteiger partial charge in [0.15, 0.2) is 0 Å². The smallest absolute Gasteiger partial charge is 0.306 e. The van der Waals surface area contributed by atoms with Crippen LogP contribution in [-0.4, -0.2) is 44.4 Å². The van der Waals surface area contributed by atoms with E-state index in [2.05, 4.69) is 14.4 Å². The summed E-state index contributed by atoms with van der Waals surface area (Å²) in [7, 11) is -1.08. The number of aromatic nitrogens is 1. The summed E-state index contributed by atoms with van der Waals surface area (Å²) in [6, 6.07) is 4.88. The minimum atomic E-state index is -3.70. The fraction of sp³-hybridized carbons (Fsp3) is 0.400. The minimum Gasteiger partial charge on any atom is -0.469 e. The molecule has 0 aliphatic rings. The van der Waals surface area contributed by atoms with Crippen LogP contribution in [0.5, 0.6) is 0 Å². The van der Waals surface area contributed by atoms with Gasteiger partial charge in [-0.1, -0.05) is 6.07 Å². The maximum atomic E-state index is 11.8. The van der Waals surface area contributed by atoms with Gasteiger partial charge in [0.2, 0.25) is 0 Å². The number of hydrogen-bond donors (Lipinski definition) is 1. The van der Waals surface area contributed by atoms with Crippen LogP contribution in [0.3, 0.4) is 0 Å². The molecule has 0 saturated carbocycles. The topological polar surface area (TPSA) is 88.6 Å². The molecule has 0 aliphatic heterocycles. The van der Waals surface area contributed by atoms with Crippen molar-refractivity contribution in [1.29, 1.82) is 0 Å². The summed E-state index contributed by atoms with van der Waals surface area (Å²) in [6.45, 7) is 0.0365. The molecule has 0 unspecified atom stereocenters. The Balaban J connectivity index is 2.61. The first-order valence-electron chi connectivity index (χ1n) is 5.17. The summed E-state index contributed by atoms with van der Waals surface area (Å²) in [4.78, 5) is 14.8. The molecule has 8 heteroatoms. The minimum absolute atomic E-state index is 0.00384. The van der Waals surface area contributed by atoms with Gasteiger partial charge in [-0.15, -0.1) is 0 Å². The van der Waals surface area contributed by atoms with E-state index in [1.807, 2.05) is 0 Å². The van der Waals surface area contributed by atoms with E-state index in [9.17, 15) is 13.2 Å². The quantitative estimate of drug-likeness (QED) is 0.750. The predicted molar refractivity (Wildman–Crippen MR) is 66.0 cm³/mol. The Morgan fingerprint density at radius 3 is 2.78 bits per heavy atom. The molecule has 7 nitrogen and oxygen atoms in total. The van der Waals surface area contributed by atoms with E-state index in [-0.39, 0.29) is 18.8 Å². The number of anilines is 1. The molecule has 0 spiro atoms. The molecule has 0 bridgehead atoms. The van der Waals surface area contributed by atoms with E-state index in [1.165, 1.54) is 26.4 Å². The van der Waals surface area contributed by atoms with Crippen molar-refractivity contribution in [2.45, 2.75) is 6.42 Å². The van der Waals surface area contributed by atoms with Crippen molar-refractivity contribution < 1.29 is 17.9 Å². The number of methoxy groups -OCH3 is 1. The molecule has 1 aromatic heterocycles. The number of pyridine rings is 1. The molecule has 1 rings (SSSR count). The van der Waals surface area contributed by atoms with Crippen LogP contribution in [0.15, 0.2) is 24.4 Å². The van der Waals surface area contributed by atoms with Gasteiger partial charge in [-0.25, -0.2) is 4.98 Å². The number of ether oxygens (including phenoxy) is 1. The molecule has 1 aromatic rings. The Bertz CT molecular complexity index is 489. The summed E-state index contributed by atoms with van der Waals surface area (Å²) in [5, 5.41) is 0. The van der Waals surface area contributed by atoms with Crippen molar-refractivity contribution in [2.24, 2.45) is 0 Å². The van der Waals surface area contributed by atoms with E-state index in [1.54, 1.807) is 12.1 Å². The maximum absolute atomic E-state index is 11.8. The molecular weight excluding hydrogens is 258 g/mol. The van der Waals surface area contributed by atoms with Crippen LogP contribution in [0.4, 0.5) is 5.82 Å². The fourth-order valence-electron chi connectivity index (χ4n) is 1.10. The standard InChI is InChI=1S/C10H15N3O4S/c1-13(8-6-10(14)17-2)18(15,16)12-9-5-3-4-7-11-9/h3-5,7H,6,8H2,1-2H3,(H,11,12). The van der Waals surface area contributed by atoms with Crippen LogP contribution in [0.25, 0.3) is 0 Å². The summed E-state index contributed by atoms with van der Waals surface area (Å²) in [5.41, 5.74) is 0. The third-order valence-corrected chi connectivity index (χ3v) is 3.64. The number of rotatable bonds is 6. The van der Waals surface area contributed by atoms with Crippen LogP contribution < -0.4 is 4.72 Å². The van der Waals surface area contributed by atoms with Crippen molar-refractivity contribution in [2.75, 3.05) is 25.4 Å². The molecule has 0 amide bonds. The van der Waals surface area contributed by atoms with E-state index < -0.39 is 16.2 Å². The first-order chi connectivity index (χ1) is 8.45. The summed E-state index contributed by atoms with van der Waals surface area (Å²) < 4.78 is 31.4. The lowest BCUT2D eigenvalue weighted by Gasteiger charge is -2.17. The van der Waals surface area contributed by atoms with Crippen molar-refractivity contribution in [3.05, 3.63) is 24.4 Å². The highest BCUT2D eigenvalue weighted by Gasteiger charge is 2.18. The maximum Gasteiger partial charge on any atom is 0.306 e. The molecule has 18 heavy (non-hydrogen) atoms. The van der Waals surface area contributed by atoms with Crippen LogP contribution in [-0.2, 0) is 19.7 Å². The molecule has 1 N–H and O–H groups in total. The largest absolute Gasteiger partial charge is 0.469 e. The van der Waals surface area contributed by atoms with E-state index in [0.717, 1.165) is 4.31 Å². The summed E-state index contributed by atoms with van der Waals surface area (Å²) in [6.07, 6.45) is 1.47. The van der Waals surface area contributed by atoms with Crippen molar-refractivity contribution in [1.82, 2.24) is 9.29 Å². The second-order valence-corrected chi connectivity index (χ2v) is 5.25. The molecule has 0 saturated heterocycles. The van der Waals surface area contributed by atoms with E-state index in [0.29, 0.717) is 0 Å². The second kappa shape index (κ2) is 6.31. The Morgan fingerprint density at radius 1 is 1.50 bits per heavy atom. The zero-order valence-electron chi connectivity index (χ0n) is 10.2. The van der Waals surface area contributed by atoms with Crippen LogP contribution in [0.2, 0.25) is 0 Å². The highest BCUT2D eigenvalue weighted by atomic mass is 32.2. The monoisotopic (exact) mass is 273 g/mol. The molecule has 0 aromatic carbocycles. The van der Waals surface area contributed by atoms with Crippen molar-refractivity contribution in [3.63, 3.8) is 0 Å². The second-order valence-electron chi connectivity index (χ2n) is 3.47. The predicted octanol–water partition coefficient (Wildman–Crippen LogP) is 0.233. The Labute approximate surface area is 106 Å². The lowest BCUT2D eigenvalue weighted by molar-refractivity contribution is -0.140. The highest BCUT2D eigenvalue weighted by molar-refractivity contribution is 7.90. The van der Waals surface area contributed by atoms with Gasteiger partial charge < -0.3 is 4.74 Å². The molecule has 1 heterocycles. The van der Waals surface area contributed by atoms with Crippen molar-refractivity contribution >= 4 is 22.0 Å². The molecule has 0 aliphatic carbocycles. The number of esters is 1. The summed E-state index contributed by atoms with van der Waals surface area (Å²) >= 11 is 0. The highest BCUT2D eigenvalue weighted by Crippen LogP contribution is 2.06. The number of carbonyl (C=O) groups excluding carboxylic acids is 1. The Hall–Kier alpha value is -1.67. The third kappa shape index (κ3) is 4.30. The normalized spacial score (nSPS) is 11.3. The first-order valence-corrected chi connectivity index (χ1v) is 6.61. The van der Waals surface area contributed by atoms with Gasteiger partial charge in [0.25, 0.3) is 0 Å². The number of nitrogens with one attached hydrogen (secondary N) is 1. The van der Waals surface area contributed by atoms with Crippen LogP contribution >= 0.6 is 0 Å². The molecule has 0 radical (unpaired) electrons. The van der Waals surface area contributed by atoms with Crippen LogP contribution in [0.1, 0.15) is 6.42 Å². The zero-order chi connectivity index (χ0) is 13.6. The van der Waals surface area contributed by atoms with E-state index >= 15 is 0 Å². The number of carbonyl (C=O) groups is 1. The zero-order valence-corrected chi connectivity index (χ0v) is 11.0. The average Bonchev–Trinajstić information content (AvgIpc) is 2.36. The lowest BCUT2D eigenvalue weighted by Crippen LogP contribution is -2.34. The van der Waals surface area contributed by atoms with Crippen LogP contribution in [0, 0.1) is 0 Å². The Morgan fingerprint density at radius 2 is 2.22 bits per heavy atom. The first kappa shape index (κ1) is 14.4. The number of hydrogen-bond acceptors (Lipinski definition) is 5. The van der Waals surface area contributed by atoms with Gasteiger partial charge in [-0.3, -0.25) is 9.52 Å².